The third kappa shape index (κ3) is 3.81. The van der Waals surface area contributed by atoms with Gasteiger partial charge in [-0.15, -0.1) is 0 Å². The Hall–Kier alpha value is -1.85. The number of nitrogens with zero attached hydrogens (tertiary/aromatic N) is 1. The molecule has 0 atom stereocenters. The van der Waals surface area contributed by atoms with Crippen LogP contribution < -0.4 is 5.32 Å². The van der Waals surface area contributed by atoms with Crippen molar-refractivity contribution in [2.24, 2.45) is 0 Å². The zero-order chi connectivity index (χ0) is 13.7. The van der Waals surface area contributed by atoms with E-state index in [1.54, 1.807) is 18.4 Å². The maximum atomic E-state index is 10.7. The van der Waals surface area contributed by atoms with Crippen LogP contribution in [0.2, 0.25) is 5.02 Å². The van der Waals surface area contributed by atoms with Crippen LogP contribution in [0.1, 0.15) is 11.3 Å². The van der Waals surface area contributed by atoms with Gasteiger partial charge in [0.05, 0.1) is 11.2 Å². The van der Waals surface area contributed by atoms with Gasteiger partial charge in [0.15, 0.2) is 0 Å². The van der Waals surface area contributed by atoms with Gasteiger partial charge in [-0.2, -0.15) is 0 Å². The fourth-order valence-corrected chi connectivity index (χ4v) is 1.89. The van der Waals surface area contributed by atoms with Crippen molar-refractivity contribution in [1.82, 2.24) is 5.32 Å². The van der Waals surface area contributed by atoms with E-state index in [9.17, 15) is 10.1 Å². The minimum absolute atomic E-state index is 0.0630. The highest BCUT2D eigenvalue weighted by Gasteiger charge is 2.12. The molecular formula is C13H13ClN2O3. The normalized spacial score (nSPS) is 10.6. The molecule has 6 heteroatoms. The fourth-order valence-electron chi connectivity index (χ4n) is 1.71. The van der Waals surface area contributed by atoms with Crippen molar-refractivity contribution in [3.63, 3.8) is 0 Å². The van der Waals surface area contributed by atoms with Crippen molar-refractivity contribution in [3.05, 3.63) is 63.1 Å². The third-order valence-corrected chi connectivity index (χ3v) is 2.98. The standard InChI is InChI=1S/C13H13ClN2O3/c14-12-4-3-10(8-13(12)16(17)18)9-15-6-5-11-2-1-7-19-11/h1-4,7-8,15H,5-6,9H2. The predicted molar refractivity (Wildman–Crippen MR) is 72.2 cm³/mol. The number of halogens is 1. The molecule has 0 spiro atoms. The van der Waals surface area contributed by atoms with Crippen LogP contribution in [0.3, 0.4) is 0 Å². The Bertz CT molecular complexity index is 555. The molecule has 0 saturated heterocycles. The van der Waals surface area contributed by atoms with Crippen LogP contribution >= 0.6 is 11.6 Å². The van der Waals surface area contributed by atoms with Gasteiger partial charge in [0.1, 0.15) is 10.8 Å². The number of hydrogen-bond donors (Lipinski definition) is 1. The van der Waals surface area contributed by atoms with Crippen molar-refractivity contribution in [3.8, 4) is 0 Å². The van der Waals surface area contributed by atoms with E-state index in [1.165, 1.54) is 6.07 Å². The number of furan rings is 1. The summed E-state index contributed by atoms with van der Waals surface area (Å²) >= 11 is 5.75. The smallest absolute Gasteiger partial charge is 0.288 e. The minimum Gasteiger partial charge on any atom is -0.469 e. The van der Waals surface area contributed by atoms with Crippen molar-refractivity contribution >= 4 is 17.3 Å². The average Bonchev–Trinajstić information content (AvgIpc) is 2.89. The van der Waals surface area contributed by atoms with Gasteiger partial charge in [0, 0.05) is 25.6 Å². The van der Waals surface area contributed by atoms with Crippen molar-refractivity contribution < 1.29 is 9.34 Å². The fraction of sp³-hybridized carbons (Fsp3) is 0.231. The summed E-state index contributed by atoms with van der Waals surface area (Å²) in [6.45, 7) is 1.29. The zero-order valence-electron chi connectivity index (χ0n) is 10.1. The Labute approximate surface area is 115 Å². The SMILES string of the molecule is O=[N+]([O-])c1cc(CNCCc2ccco2)ccc1Cl. The molecule has 0 aliphatic carbocycles. The van der Waals surface area contributed by atoms with Gasteiger partial charge in [0.25, 0.3) is 5.69 Å². The Morgan fingerprint density at radius 1 is 1.37 bits per heavy atom. The zero-order valence-corrected chi connectivity index (χ0v) is 10.9. The summed E-state index contributed by atoms with van der Waals surface area (Å²) in [4.78, 5) is 10.3. The first-order chi connectivity index (χ1) is 9.16. The number of nitrogens with one attached hydrogen (secondary N) is 1. The molecule has 0 saturated carbocycles. The lowest BCUT2D eigenvalue weighted by molar-refractivity contribution is -0.384. The molecular weight excluding hydrogens is 268 g/mol. The molecule has 2 rings (SSSR count). The highest BCUT2D eigenvalue weighted by Crippen LogP contribution is 2.24. The van der Waals surface area contributed by atoms with Gasteiger partial charge in [-0.25, -0.2) is 0 Å². The molecule has 0 aliphatic rings. The molecule has 2 aromatic rings. The molecule has 1 aromatic heterocycles. The summed E-state index contributed by atoms with van der Waals surface area (Å²) < 4.78 is 5.21. The van der Waals surface area contributed by atoms with Gasteiger partial charge >= 0.3 is 0 Å². The number of hydrogen-bond acceptors (Lipinski definition) is 4. The van der Waals surface area contributed by atoms with E-state index in [0.717, 1.165) is 24.3 Å². The van der Waals surface area contributed by atoms with E-state index in [0.29, 0.717) is 6.54 Å². The second-order valence-corrected chi connectivity index (χ2v) is 4.46. The molecule has 0 unspecified atom stereocenters. The van der Waals surface area contributed by atoms with Crippen LogP contribution in [0, 0.1) is 10.1 Å². The van der Waals surface area contributed by atoms with E-state index in [1.807, 2.05) is 12.1 Å². The topological polar surface area (TPSA) is 68.3 Å². The van der Waals surface area contributed by atoms with Crippen molar-refractivity contribution in [2.45, 2.75) is 13.0 Å². The molecule has 19 heavy (non-hydrogen) atoms. The molecule has 100 valence electrons. The molecule has 5 nitrogen and oxygen atoms in total. The maximum absolute atomic E-state index is 10.7. The molecule has 1 heterocycles. The Kier molecular flexibility index (Phi) is 4.54. The molecule has 0 bridgehead atoms. The summed E-state index contributed by atoms with van der Waals surface area (Å²) in [6, 6.07) is 8.56. The van der Waals surface area contributed by atoms with Crippen LogP contribution in [0.15, 0.2) is 41.0 Å². The van der Waals surface area contributed by atoms with E-state index in [-0.39, 0.29) is 10.7 Å². The van der Waals surface area contributed by atoms with Crippen LogP contribution in [-0.4, -0.2) is 11.5 Å². The Morgan fingerprint density at radius 2 is 2.21 bits per heavy atom. The molecule has 0 fully saturated rings. The molecule has 0 amide bonds. The number of nitro benzene ring substituents is 1. The summed E-state index contributed by atoms with van der Waals surface area (Å²) in [5, 5.41) is 14.1. The van der Waals surface area contributed by atoms with E-state index >= 15 is 0 Å². The lowest BCUT2D eigenvalue weighted by Crippen LogP contribution is -2.16. The highest BCUT2D eigenvalue weighted by atomic mass is 35.5. The predicted octanol–water partition coefficient (Wildman–Crippen LogP) is 3.17. The maximum Gasteiger partial charge on any atom is 0.288 e. The number of nitro groups is 1. The van der Waals surface area contributed by atoms with Crippen LogP contribution in [0.4, 0.5) is 5.69 Å². The number of benzene rings is 1. The second-order valence-electron chi connectivity index (χ2n) is 4.05. The lowest BCUT2D eigenvalue weighted by atomic mass is 10.2. The van der Waals surface area contributed by atoms with Crippen LogP contribution in [0.25, 0.3) is 0 Å². The minimum atomic E-state index is -0.477. The van der Waals surface area contributed by atoms with Crippen LogP contribution in [-0.2, 0) is 13.0 Å². The van der Waals surface area contributed by atoms with Gasteiger partial charge in [-0.1, -0.05) is 17.7 Å². The Balaban J connectivity index is 1.86. The average molecular weight is 281 g/mol. The van der Waals surface area contributed by atoms with Gasteiger partial charge < -0.3 is 9.73 Å². The summed E-state index contributed by atoms with van der Waals surface area (Å²) in [7, 11) is 0. The van der Waals surface area contributed by atoms with E-state index < -0.39 is 4.92 Å². The quantitative estimate of drug-likeness (QED) is 0.501. The highest BCUT2D eigenvalue weighted by molar-refractivity contribution is 6.32. The van der Waals surface area contributed by atoms with E-state index in [2.05, 4.69) is 5.32 Å². The van der Waals surface area contributed by atoms with Crippen molar-refractivity contribution in [2.75, 3.05) is 6.54 Å². The molecule has 1 N–H and O–H groups in total. The molecule has 0 aliphatic heterocycles. The summed E-state index contributed by atoms with van der Waals surface area (Å²) in [6.07, 6.45) is 2.42. The largest absolute Gasteiger partial charge is 0.469 e. The molecule has 1 aromatic carbocycles. The van der Waals surface area contributed by atoms with E-state index in [4.69, 9.17) is 16.0 Å². The van der Waals surface area contributed by atoms with Crippen molar-refractivity contribution in [1.29, 1.82) is 0 Å². The van der Waals surface area contributed by atoms with Gasteiger partial charge in [0.2, 0.25) is 0 Å². The first kappa shape index (κ1) is 13.6. The Morgan fingerprint density at radius 3 is 2.89 bits per heavy atom. The monoisotopic (exact) mass is 280 g/mol. The van der Waals surface area contributed by atoms with Gasteiger partial charge in [-0.3, -0.25) is 10.1 Å². The van der Waals surface area contributed by atoms with Gasteiger partial charge in [-0.05, 0) is 23.8 Å². The van der Waals surface area contributed by atoms with Crippen LogP contribution in [0.5, 0.6) is 0 Å². The third-order valence-electron chi connectivity index (χ3n) is 2.66. The summed E-state index contributed by atoms with van der Waals surface area (Å²) in [5.74, 6) is 0.912. The second kappa shape index (κ2) is 6.36. The lowest BCUT2D eigenvalue weighted by Gasteiger charge is -2.04. The first-order valence-corrected chi connectivity index (χ1v) is 6.20. The number of rotatable bonds is 6. The summed E-state index contributed by atoms with van der Waals surface area (Å²) in [5.41, 5.74) is 0.766. The first-order valence-electron chi connectivity index (χ1n) is 5.83. The molecule has 0 radical (unpaired) electrons.